The van der Waals surface area contributed by atoms with Crippen LogP contribution in [0.1, 0.15) is 17.5 Å². The van der Waals surface area contributed by atoms with Crippen LogP contribution in [0.25, 0.3) is 0 Å². The van der Waals surface area contributed by atoms with E-state index in [1.54, 1.807) is 15.9 Å². The third kappa shape index (κ3) is 4.71. The molecular weight excluding hydrogens is 434 g/mol. The minimum absolute atomic E-state index is 0.0271. The van der Waals surface area contributed by atoms with Crippen LogP contribution in [0.4, 0.5) is 5.69 Å². The number of anilines is 1. The number of amides is 2. The number of hydrogen-bond acceptors (Lipinski definition) is 4. The molecule has 3 aromatic rings. The molecule has 2 heterocycles. The number of nitrogens with zero attached hydrogens (tertiary/aromatic N) is 4. The molecule has 4 rings (SSSR count). The zero-order chi connectivity index (χ0) is 20.2. The highest BCUT2D eigenvalue weighted by molar-refractivity contribution is 9.10. The Morgan fingerprint density at radius 2 is 1.97 bits per heavy atom. The van der Waals surface area contributed by atoms with Crippen molar-refractivity contribution in [2.24, 2.45) is 5.92 Å². The predicted octanol–water partition coefficient (Wildman–Crippen LogP) is 2.76. The van der Waals surface area contributed by atoms with Gasteiger partial charge in [-0.25, -0.2) is 9.67 Å². The van der Waals surface area contributed by atoms with Gasteiger partial charge in [-0.05, 0) is 29.3 Å². The highest BCUT2D eigenvalue weighted by Crippen LogP contribution is 2.27. The average molecular weight is 454 g/mol. The first-order valence-corrected chi connectivity index (χ1v) is 10.1. The maximum atomic E-state index is 12.6. The van der Waals surface area contributed by atoms with Gasteiger partial charge in [-0.2, -0.15) is 5.10 Å². The maximum absolute atomic E-state index is 12.6. The van der Waals surface area contributed by atoms with Crippen molar-refractivity contribution in [2.45, 2.75) is 19.5 Å². The van der Waals surface area contributed by atoms with Gasteiger partial charge in [0.05, 0.1) is 12.5 Å². The summed E-state index contributed by atoms with van der Waals surface area (Å²) in [6.07, 6.45) is 3.42. The Morgan fingerprint density at radius 3 is 2.69 bits per heavy atom. The van der Waals surface area contributed by atoms with Crippen LogP contribution in [0.15, 0.2) is 65.7 Å². The number of hydrogen-bond donors (Lipinski definition) is 1. The Bertz CT molecular complexity index is 1000. The number of halogens is 1. The van der Waals surface area contributed by atoms with Crippen molar-refractivity contribution in [1.82, 2.24) is 20.1 Å². The van der Waals surface area contributed by atoms with Crippen LogP contribution in [0.5, 0.6) is 0 Å². The molecule has 1 atom stereocenters. The van der Waals surface area contributed by atoms with Gasteiger partial charge >= 0.3 is 0 Å². The lowest BCUT2D eigenvalue weighted by molar-refractivity contribution is -0.126. The van der Waals surface area contributed by atoms with Crippen LogP contribution in [0.3, 0.4) is 0 Å². The van der Waals surface area contributed by atoms with Crippen LogP contribution in [0, 0.1) is 5.92 Å². The highest BCUT2D eigenvalue weighted by Gasteiger charge is 2.35. The van der Waals surface area contributed by atoms with E-state index in [1.165, 1.54) is 6.33 Å². The van der Waals surface area contributed by atoms with Crippen LogP contribution in [-0.2, 0) is 22.7 Å². The fourth-order valence-electron chi connectivity index (χ4n) is 3.37. The Balaban J connectivity index is 1.31. The number of carbonyl (C=O) groups excluding carboxylic acids is 2. The molecule has 148 valence electrons. The summed E-state index contributed by atoms with van der Waals surface area (Å²) in [7, 11) is 0. The summed E-state index contributed by atoms with van der Waals surface area (Å²) in [4.78, 5) is 30.5. The van der Waals surface area contributed by atoms with Crippen molar-refractivity contribution in [3.8, 4) is 0 Å². The largest absolute Gasteiger partial charge is 0.352 e. The van der Waals surface area contributed by atoms with Crippen LogP contribution in [-0.4, -0.2) is 33.1 Å². The molecule has 0 radical (unpaired) electrons. The van der Waals surface area contributed by atoms with Gasteiger partial charge in [-0.15, -0.1) is 0 Å². The molecule has 1 fully saturated rings. The third-order valence-electron chi connectivity index (χ3n) is 4.92. The summed E-state index contributed by atoms with van der Waals surface area (Å²) in [5, 5.41) is 7.05. The first-order valence-electron chi connectivity index (χ1n) is 9.32. The zero-order valence-corrected chi connectivity index (χ0v) is 17.2. The number of benzene rings is 2. The van der Waals surface area contributed by atoms with Crippen LogP contribution >= 0.6 is 15.9 Å². The number of carbonyl (C=O) groups is 2. The number of aromatic nitrogens is 3. The Labute approximate surface area is 176 Å². The lowest BCUT2D eigenvalue weighted by atomic mass is 10.1. The molecule has 0 saturated carbocycles. The van der Waals surface area contributed by atoms with Gasteiger partial charge in [0.15, 0.2) is 0 Å². The summed E-state index contributed by atoms with van der Waals surface area (Å²) >= 11 is 3.42. The first kappa shape index (κ1) is 19.3. The molecule has 0 spiro atoms. The van der Waals surface area contributed by atoms with Crippen molar-refractivity contribution in [2.75, 3.05) is 11.4 Å². The molecule has 2 amide bonds. The fraction of sp³-hybridized carbons (Fsp3) is 0.238. The predicted molar refractivity (Wildman–Crippen MR) is 112 cm³/mol. The second-order valence-electron chi connectivity index (χ2n) is 7.01. The molecule has 1 aromatic heterocycles. The highest BCUT2D eigenvalue weighted by atomic mass is 79.9. The van der Waals surface area contributed by atoms with E-state index in [0.29, 0.717) is 19.6 Å². The molecule has 1 aliphatic heterocycles. The normalized spacial score (nSPS) is 16.2. The second-order valence-corrected chi connectivity index (χ2v) is 7.93. The Kier molecular flexibility index (Phi) is 5.71. The Hall–Kier alpha value is -3.00. The number of nitrogens with one attached hydrogen (secondary N) is 1. The summed E-state index contributed by atoms with van der Waals surface area (Å²) in [6, 6.07) is 15.6. The zero-order valence-electron chi connectivity index (χ0n) is 15.7. The van der Waals surface area contributed by atoms with E-state index in [9.17, 15) is 9.59 Å². The smallest absolute Gasteiger partial charge is 0.227 e. The molecule has 2 aromatic carbocycles. The van der Waals surface area contributed by atoms with Gasteiger partial charge in [-0.3, -0.25) is 9.59 Å². The van der Waals surface area contributed by atoms with E-state index < -0.39 is 0 Å². The van der Waals surface area contributed by atoms with Gasteiger partial charge < -0.3 is 10.2 Å². The van der Waals surface area contributed by atoms with Crippen molar-refractivity contribution >= 4 is 33.4 Å². The summed E-state index contributed by atoms with van der Waals surface area (Å²) in [5.41, 5.74) is 2.92. The SMILES string of the molecule is O=C(NCc1ccc(Cn2cncn2)cc1)[C@@H]1CC(=O)N(c2cccc(Br)c2)C1. The number of rotatable bonds is 6. The monoisotopic (exact) mass is 453 g/mol. The van der Waals surface area contributed by atoms with E-state index in [1.807, 2.05) is 48.5 Å². The lowest BCUT2D eigenvalue weighted by Crippen LogP contribution is -2.32. The molecule has 0 unspecified atom stereocenters. The van der Waals surface area contributed by atoms with Gasteiger partial charge in [0.25, 0.3) is 0 Å². The molecule has 8 heteroatoms. The molecule has 0 aliphatic carbocycles. The van der Waals surface area contributed by atoms with E-state index in [2.05, 4.69) is 31.3 Å². The standard InChI is InChI=1S/C21H20BrN5O2/c22-18-2-1-3-19(9-18)27-12-17(8-20(27)28)21(29)24-10-15-4-6-16(7-5-15)11-26-14-23-13-25-26/h1-7,9,13-14,17H,8,10-12H2,(H,24,29)/t17-/m1/s1. The molecule has 1 aliphatic rings. The summed E-state index contributed by atoms with van der Waals surface area (Å²) in [5.74, 6) is -0.462. The molecule has 29 heavy (non-hydrogen) atoms. The van der Waals surface area contributed by atoms with Gasteiger partial charge in [0.1, 0.15) is 12.7 Å². The van der Waals surface area contributed by atoms with Crippen molar-refractivity contribution < 1.29 is 9.59 Å². The van der Waals surface area contributed by atoms with Gasteiger partial charge in [0.2, 0.25) is 11.8 Å². The van der Waals surface area contributed by atoms with Crippen molar-refractivity contribution in [1.29, 1.82) is 0 Å². The topological polar surface area (TPSA) is 80.1 Å². The van der Waals surface area contributed by atoms with E-state index in [-0.39, 0.29) is 24.2 Å². The van der Waals surface area contributed by atoms with Crippen LogP contribution < -0.4 is 10.2 Å². The lowest BCUT2D eigenvalue weighted by Gasteiger charge is -2.17. The van der Waals surface area contributed by atoms with Crippen molar-refractivity contribution in [3.63, 3.8) is 0 Å². The maximum Gasteiger partial charge on any atom is 0.227 e. The fourth-order valence-corrected chi connectivity index (χ4v) is 3.76. The molecule has 1 saturated heterocycles. The minimum Gasteiger partial charge on any atom is -0.352 e. The van der Waals surface area contributed by atoms with Gasteiger partial charge in [0, 0.05) is 29.7 Å². The second kappa shape index (κ2) is 8.57. The van der Waals surface area contributed by atoms with Gasteiger partial charge in [-0.1, -0.05) is 46.3 Å². The third-order valence-corrected chi connectivity index (χ3v) is 5.41. The molecule has 0 bridgehead atoms. The average Bonchev–Trinajstić information content (AvgIpc) is 3.37. The first-order chi connectivity index (χ1) is 14.1. The van der Waals surface area contributed by atoms with E-state index >= 15 is 0 Å². The summed E-state index contributed by atoms with van der Waals surface area (Å²) in [6.45, 7) is 1.49. The van der Waals surface area contributed by atoms with Crippen LogP contribution in [0.2, 0.25) is 0 Å². The minimum atomic E-state index is -0.340. The van der Waals surface area contributed by atoms with E-state index in [4.69, 9.17) is 0 Å². The van der Waals surface area contributed by atoms with E-state index in [0.717, 1.165) is 21.3 Å². The molecule has 1 N–H and O–H groups in total. The summed E-state index contributed by atoms with van der Waals surface area (Å²) < 4.78 is 2.66. The molecule has 7 nitrogen and oxygen atoms in total. The quantitative estimate of drug-likeness (QED) is 0.622. The molecular formula is C21H20BrN5O2. The Morgan fingerprint density at radius 1 is 1.17 bits per heavy atom. The van der Waals surface area contributed by atoms with Crippen molar-refractivity contribution in [3.05, 3.63) is 76.8 Å².